The minimum Gasteiger partial charge on any atom is -0.289 e. The van der Waals surface area contributed by atoms with Crippen LogP contribution in [0.1, 0.15) is 0 Å². The van der Waals surface area contributed by atoms with Gasteiger partial charge < -0.3 is 0 Å². The van der Waals surface area contributed by atoms with Crippen molar-refractivity contribution >= 4 is 11.6 Å². The molecule has 4 nitrogen and oxygen atoms in total. The second-order valence-electron chi connectivity index (χ2n) is 2.35. The van der Waals surface area contributed by atoms with Crippen LogP contribution in [0.2, 0.25) is 0 Å². The van der Waals surface area contributed by atoms with Gasteiger partial charge in [0, 0.05) is 17.8 Å². The van der Waals surface area contributed by atoms with Crippen LogP contribution in [0, 0.1) is 11.8 Å². The van der Waals surface area contributed by atoms with Crippen molar-refractivity contribution in [3.63, 3.8) is 0 Å². The fourth-order valence-corrected chi connectivity index (χ4v) is 0.853. The summed E-state index contributed by atoms with van der Waals surface area (Å²) in [5, 5.41) is 0. The summed E-state index contributed by atoms with van der Waals surface area (Å²) in [7, 11) is 0. The van der Waals surface area contributed by atoms with Crippen molar-refractivity contribution in [1.29, 1.82) is 0 Å². The summed E-state index contributed by atoms with van der Waals surface area (Å²) in [4.78, 5) is 23.9. The number of rotatable bonds is 1. The van der Waals surface area contributed by atoms with Gasteiger partial charge in [0.2, 0.25) is 0 Å². The Bertz CT molecular complexity index is 502. The molecular formula is C9H7ClN2O2. The van der Waals surface area contributed by atoms with Crippen LogP contribution in [0.5, 0.6) is 0 Å². The van der Waals surface area contributed by atoms with Gasteiger partial charge in [-0.15, -0.1) is 0 Å². The number of aromatic amines is 1. The van der Waals surface area contributed by atoms with E-state index >= 15 is 0 Å². The molecule has 0 saturated heterocycles. The first-order valence-corrected chi connectivity index (χ1v) is 4.21. The summed E-state index contributed by atoms with van der Waals surface area (Å²) >= 11 is 5.24. The normalized spacial score (nSPS) is 9.79. The number of nitrogens with one attached hydrogen (secondary N) is 1. The molecule has 0 bridgehead atoms. The highest BCUT2D eigenvalue weighted by Crippen LogP contribution is 1.77. The number of hydrogen-bond donors (Lipinski definition) is 1. The summed E-state index contributed by atoms with van der Waals surface area (Å²) < 4.78 is 1.29. The zero-order chi connectivity index (χ0) is 10.4. The van der Waals surface area contributed by atoms with Gasteiger partial charge in [0.15, 0.2) is 0 Å². The third-order valence-electron chi connectivity index (χ3n) is 1.39. The highest BCUT2D eigenvalue weighted by Gasteiger charge is 1.91. The smallest absolute Gasteiger partial charge is 0.289 e. The molecule has 14 heavy (non-hydrogen) atoms. The summed E-state index contributed by atoms with van der Waals surface area (Å²) in [5.74, 6) is 5.29. The van der Waals surface area contributed by atoms with E-state index in [1.165, 1.54) is 28.4 Å². The average molecular weight is 211 g/mol. The fourth-order valence-electron chi connectivity index (χ4n) is 0.790. The molecule has 1 rings (SSSR count). The fraction of sp³-hybridized carbons (Fsp3) is 0.111. The van der Waals surface area contributed by atoms with Crippen LogP contribution in [0.15, 0.2) is 33.5 Å². The first-order valence-electron chi connectivity index (χ1n) is 3.77. The van der Waals surface area contributed by atoms with Gasteiger partial charge in [-0.2, -0.15) is 0 Å². The van der Waals surface area contributed by atoms with Crippen molar-refractivity contribution < 1.29 is 0 Å². The summed E-state index contributed by atoms with van der Waals surface area (Å²) in [6.45, 7) is 0.219. The predicted molar refractivity (Wildman–Crippen MR) is 54.1 cm³/mol. The zero-order valence-electron chi connectivity index (χ0n) is 7.16. The maximum absolute atomic E-state index is 11.1. The van der Waals surface area contributed by atoms with Gasteiger partial charge in [0.05, 0.1) is 6.54 Å². The van der Waals surface area contributed by atoms with Crippen molar-refractivity contribution in [2.45, 2.75) is 6.54 Å². The van der Waals surface area contributed by atoms with Crippen LogP contribution in [0.25, 0.3) is 0 Å². The minimum absolute atomic E-state index is 0.219. The second kappa shape index (κ2) is 5.10. The number of allylic oxidation sites excluding steroid dienone is 1. The Morgan fingerprint density at radius 1 is 1.57 bits per heavy atom. The molecule has 0 unspecified atom stereocenters. The lowest BCUT2D eigenvalue weighted by Gasteiger charge is -1.95. The molecule has 0 radical (unpaired) electrons. The van der Waals surface area contributed by atoms with E-state index in [1.807, 2.05) is 0 Å². The van der Waals surface area contributed by atoms with Gasteiger partial charge >= 0.3 is 5.69 Å². The molecule has 1 aromatic rings. The van der Waals surface area contributed by atoms with Crippen LogP contribution in [-0.2, 0) is 6.54 Å². The average Bonchev–Trinajstić information content (AvgIpc) is 2.15. The third-order valence-corrected chi connectivity index (χ3v) is 1.52. The van der Waals surface area contributed by atoms with Crippen LogP contribution < -0.4 is 11.2 Å². The van der Waals surface area contributed by atoms with E-state index in [1.54, 1.807) is 0 Å². The number of halogens is 1. The second-order valence-corrected chi connectivity index (χ2v) is 2.60. The van der Waals surface area contributed by atoms with Crippen LogP contribution in [0.4, 0.5) is 0 Å². The van der Waals surface area contributed by atoms with Crippen LogP contribution >= 0.6 is 11.6 Å². The Morgan fingerprint density at radius 2 is 2.36 bits per heavy atom. The standard InChI is InChI=1S/C9H7ClN2O2/c10-5-2-1-3-6-12-7-4-8(13)11-9(12)14/h2,4-5,7H,6H2,(H,11,13,14)/b5-2-. The predicted octanol–water partition coefficient (Wildman–Crippen LogP) is 0.293. The molecule has 0 spiro atoms. The van der Waals surface area contributed by atoms with Gasteiger partial charge in [-0.3, -0.25) is 14.3 Å². The first kappa shape index (κ1) is 10.4. The van der Waals surface area contributed by atoms with Crippen LogP contribution in [-0.4, -0.2) is 9.55 Å². The summed E-state index contributed by atoms with van der Waals surface area (Å²) in [5.41, 5.74) is 0.393. The minimum atomic E-state index is -0.471. The van der Waals surface area contributed by atoms with E-state index in [0.717, 1.165) is 0 Å². The lowest BCUT2D eigenvalue weighted by Crippen LogP contribution is -2.28. The van der Waals surface area contributed by atoms with Crippen molar-refractivity contribution in [2.75, 3.05) is 0 Å². The maximum atomic E-state index is 11.1. The van der Waals surface area contributed by atoms with Crippen molar-refractivity contribution in [1.82, 2.24) is 9.55 Å². The monoisotopic (exact) mass is 210 g/mol. The Balaban J connectivity index is 2.85. The Kier molecular flexibility index (Phi) is 3.77. The van der Waals surface area contributed by atoms with Gasteiger partial charge in [-0.25, -0.2) is 4.79 Å². The van der Waals surface area contributed by atoms with E-state index in [9.17, 15) is 9.59 Å². The van der Waals surface area contributed by atoms with Gasteiger partial charge in [-0.05, 0) is 6.08 Å². The Labute approximate surface area is 84.8 Å². The molecule has 0 saturated carbocycles. The van der Waals surface area contributed by atoms with Gasteiger partial charge in [0.25, 0.3) is 5.56 Å². The molecule has 0 aliphatic carbocycles. The van der Waals surface area contributed by atoms with Crippen molar-refractivity contribution in [3.05, 3.63) is 44.7 Å². The van der Waals surface area contributed by atoms with E-state index < -0.39 is 11.2 Å². The maximum Gasteiger partial charge on any atom is 0.329 e. The molecular weight excluding hydrogens is 204 g/mol. The molecule has 0 amide bonds. The zero-order valence-corrected chi connectivity index (χ0v) is 7.91. The van der Waals surface area contributed by atoms with E-state index in [2.05, 4.69) is 16.8 Å². The van der Waals surface area contributed by atoms with Crippen molar-refractivity contribution in [2.24, 2.45) is 0 Å². The van der Waals surface area contributed by atoms with E-state index in [4.69, 9.17) is 11.6 Å². The summed E-state index contributed by atoms with van der Waals surface area (Å²) in [6.07, 6.45) is 2.85. The molecule has 72 valence electrons. The molecule has 0 fully saturated rings. The molecule has 0 aliphatic heterocycles. The molecule has 5 heteroatoms. The molecule has 0 aromatic carbocycles. The lowest BCUT2D eigenvalue weighted by atomic mass is 10.5. The molecule has 1 N–H and O–H groups in total. The quantitative estimate of drug-likeness (QED) is 0.678. The highest BCUT2D eigenvalue weighted by molar-refractivity contribution is 6.25. The highest BCUT2D eigenvalue weighted by atomic mass is 35.5. The SMILES string of the molecule is O=c1ccn(CC#C/C=C\Cl)c(=O)[nH]1. The third kappa shape index (κ3) is 2.96. The Morgan fingerprint density at radius 3 is 3.00 bits per heavy atom. The first-order chi connectivity index (χ1) is 6.74. The molecule has 1 aromatic heterocycles. The number of nitrogens with zero attached hydrogens (tertiary/aromatic N) is 1. The van der Waals surface area contributed by atoms with E-state index in [-0.39, 0.29) is 6.54 Å². The van der Waals surface area contributed by atoms with Gasteiger partial charge in [0.1, 0.15) is 0 Å². The molecule has 0 atom stereocenters. The van der Waals surface area contributed by atoms with E-state index in [0.29, 0.717) is 0 Å². The number of H-pyrrole nitrogens is 1. The molecule has 1 heterocycles. The van der Waals surface area contributed by atoms with Crippen molar-refractivity contribution in [3.8, 4) is 11.8 Å². The molecule has 0 aliphatic rings. The largest absolute Gasteiger partial charge is 0.329 e. The topological polar surface area (TPSA) is 54.9 Å². The Hall–Kier alpha value is -1.73. The van der Waals surface area contributed by atoms with Crippen LogP contribution in [0.3, 0.4) is 0 Å². The lowest BCUT2D eigenvalue weighted by molar-refractivity contribution is 0.749. The van der Waals surface area contributed by atoms with Gasteiger partial charge in [-0.1, -0.05) is 23.4 Å². The summed E-state index contributed by atoms with van der Waals surface area (Å²) in [6, 6.07) is 1.26. The number of aromatic nitrogens is 2. The number of hydrogen-bond acceptors (Lipinski definition) is 2.